The first-order valence-corrected chi connectivity index (χ1v) is 11.1. The molecular formula is C25H21F4N5O. The summed E-state index contributed by atoms with van der Waals surface area (Å²) in [5, 5.41) is 0.756. The Hall–Kier alpha value is -3.95. The molecule has 5 rings (SSSR count). The Morgan fingerprint density at radius 3 is 2.69 bits per heavy atom. The molecule has 0 bridgehead atoms. The Morgan fingerprint density at radius 2 is 1.94 bits per heavy atom. The van der Waals surface area contributed by atoms with Crippen LogP contribution in [-0.2, 0) is 30.4 Å². The predicted octanol–water partition coefficient (Wildman–Crippen LogP) is 4.99. The van der Waals surface area contributed by atoms with Crippen LogP contribution in [-0.4, -0.2) is 27.0 Å². The largest absolute Gasteiger partial charge is 0.416 e. The first kappa shape index (κ1) is 22.8. The van der Waals surface area contributed by atoms with Crippen LogP contribution in [0.1, 0.15) is 23.6 Å². The van der Waals surface area contributed by atoms with E-state index in [-0.39, 0.29) is 12.0 Å². The number of amides is 1. The molecule has 35 heavy (non-hydrogen) atoms. The zero-order valence-electron chi connectivity index (χ0n) is 18.7. The molecule has 0 radical (unpaired) electrons. The van der Waals surface area contributed by atoms with Gasteiger partial charge in [0.1, 0.15) is 23.6 Å². The molecule has 0 saturated heterocycles. The lowest BCUT2D eigenvalue weighted by Crippen LogP contribution is -2.30. The van der Waals surface area contributed by atoms with Gasteiger partial charge in [-0.25, -0.2) is 14.4 Å². The lowest BCUT2D eigenvalue weighted by atomic mass is 10.0. The van der Waals surface area contributed by atoms with Crippen LogP contribution in [0.4, 0.5) is 29.1 Å². The van der Waals surface area contributed by atoms with E-state index >= 15 is 0 Å². The molecule has 0 spiro atoms. The van der Waals surface area contributed by atoms with E-state index in [0.29, 0.717) is 37.1 Å². The summed E-state index contributed by atoms with van der Waals surface area (Å²) in [5.74, 6) is -1.04. The van der Waals surface area contributed by atoms with Crippen LogP contribution in [0.15, 0.2) is 48.9 Å². The van der Waals surface area contributed by atoms with Crippen LogP contribution in [0, 0.1) is 5.82 Å². The molecule has 180 valence electrons. The van der Waals surface area contributed by atoms with E-state index < -0.39 is 23.5 Å². The topological polar surface area (TPSA) is 77.0 Å². The van der Waals surface area contributed by atoms with E-state index in [1.54, 1.807) is 0 Å². The van der Waals surface area contributed by atoms with Crippen LogP contribution in [0.25, 0.3) is 22.2 Å². The third-order valence-corrected chi connectivity index (χ3v) is 6.25. The summed E-state index contributed by atoms with van der Waals surface area (Å²) < 4.78 is 54.8. The number of alkyl halides is 3. The van der Waals surface area contributed by atoms with Crippen molar-refractivity contribution in [1.82, 2.24) is 14.5 Å². The monoisotopic (exact) mass is 483 g/mol. The summed E-state index contributed by atoms with van der Waals surface area (Å²) >= 11 is 0. The fourth-order valence-corrected chi connectivity index (χ4v) is 4.62. The van der Waals surface area contributed by atoms with Crippen LogP contribution >= 0.6 is 0 Å². The third-order valence-electron chi connectivity index (χ3n) is 6.25. The van der Waals surface area contributed by atoms with Crippen LogP contribution in [0.5, 0.6) is 0 Å². The van der Waals surface area contributed by atoms with Gasteiger partial charge in [0.2, 0.25) is 5.91 Å². The standard InChI is InChI=1S/C25H21F4N5O/c1-2-33-12-19(22-23(30)31-13-32-24(22)33)15-3-4-20-16(10-15)5-6-34(20)21(35)9-14-7-17(25(27,28)29)11-18(26)8-14/h3-4,7-8,10-13H,2,5-6,9H2,1H3,(H2,30,31,32). The Kier molecular flexibility index (Phi) is 5.46. The van der Waals surface area contributed by atoms with Gasteiger partial charge in [-0.05, 0) is 60.4 Å². The van der Waals surface area contributed by atoms with Crippen molar-refractivity contribution >= 4 is 28.4 Å². The summed E-state index contributed by atoms with van der Waals surface area (Å²) in [7, 11) is 0. The van der Waals surface area contributed by atoms with Gasteiger partial charge >= 0.3 is 6.18 Å². The number of hydrogen-bond donors (Lipinski definition) is 1. The number of hydrogen-bond acceptors (Lipinski definition) is 4. The average molecular weight is 483 g/mol. The normalized spacial score (nSPS) is 13.5. The number of nitrogens with zero attached hydrogens (tertiary/aromatic N) is 4. The van der Waals surface area contributed by atoms with Gasteiger partial charge in [0, 0.05) is 30.5 Å². The van der Waals surface area contributed by atoms with E-state index in [4.69, 9.17) is 5.73 Å². The quantitative estimate of drug-likeness (QED) is 0.415. The number of fused-ring (bicyclic) bond motifs is 2. The fourth-order valence-electron chi connectivity index (χ4n) is 4.62. The van der Waals surface area contributed by atoms with Gasteiger partial charge in [0.05, 0.1) is 17.4 Å². The molecule has 2 N–H and O–H groups in total. The highest BCUT2D eigenvalue weighted by Crippen LogP contribution is 2.37. The summed E-state index contributed by atoms with van der Waals surface area (Å²) in [6.07, 6.45) is -1.04. The molecule has 0 fully saturated rings. The number of rotatable bonds is 4. The SMILES string of the molecule is CCn1cc(-c2ccc3c(c2)CCN3C(=O)Cc2cc(F)cc(C(F)(F)F)c2)c2c(N)ncnc21. The van der Waals surface area contributed by atoms with Crippen LogP contribution < -0.4 is 10.6 Å². The van der Waals surface area contributed by atoms with E-state index in [1.165, 1.54) is 11.2 Å². The second-order valence-electron chi connectivity index (χ2n) is 8.45. The van der Waals surface area contributed by atoms with Crippen LogP contribution in [0.3, 0.4) is 0 Å². The minimum absolute atomic E-state index is 0.0183. The van der Waals surface area contributed by atoms with Gasteiger partial charge in [-0.15, -0.1) is 0 Å². The van der Waals surface area contributed by atoms with E-state index in [9.17, 15) is 22.4 Å². The molecule has 0 saturated carbocycles. The molecule has 10 heteroatoms. The molecule has 1 amide bonds. The van der Waals surface area contributed by atoms with E-state index in [0.717, 1.165) is 39.9 Å². The van der Waals surface area contributed by atoms with Crippen molar-refractivity contribution in [1.29, 1.82) is 0 Å². The lowest BCUT2D eigenvalue weighted by molar-refractivity contribution is -0.137. The van der Waals surface area contributed by atoms with Crippen molar-refractivity contribution in [3.8, 4) is 11.1 Å². The van der Waals surface area contributed by atoms with Gasteiger partial charge in [-0.1, -0.05) is 6.07 Å². The molecule has 3 heterocycles. The first-order chi connectivity index (χ1) is 16.7. The minimum atomic E-state index is -4.69. The number of benzene rings is 2. The number of anilines is 2. The summed E-state index contributed by atoms with van der Waals surface area (Å²) in [4.78, 5) is 23.0. The van der Waals surface area contributed by atoms with Crippen LogP contribution in [0.2, 0.25) is 0 Å². The zero-order valence-corrected chi connectivity index (χ0v) is 18.7. The molecule has 1 aliphatic heterocycles. The molecule has 0 unspecified atom stereocenters. The smallest absolute Gasteiger partial charge is 0.383 e. The van der Waals surface area contributed by atoms with E-state index in [2.05, 4.69) is 9.97 Å². The minimum Gasteiger partial charge on any atom is -0.383 e. The van der Waals surface area contributed by atoms with Gasteiger partial charge in [0.15, 0.2) is 0 Å². The molecule has 0 aliphatic carbocycles. The molecular weight excluding hydrogens is 462 g/mol. The van der Waals surface area contributed by atoms with Gasteiger partial charge in [0.25, 0.3) is 0 Å². The predicted molar refractivity (Wildman–Crippen MR) is 124 cm³/mol. The Morgan fingerprint density at radius 1 is 1.14 bits per heavy atom. The first-order valence-electron chi connectivity index (χ1n) is 11.1. The second-order valence-corrected chi connectivity index (χ2v) is 8.45. The number of nitrogen functional groups attached to an aromatic ring is 1. The molecule has 2 aromatic carbocycles. The van der Waals surface area contributed by atoms with Crippen molar-refractivity contribution in [2.24, 2.45) is 0 Å². The average Bonchev–Trinajstić information content (AvgIpc) is 3.40. The van der Waals surface area contributed by atoms with Gasteiger partial charge in [-0.2, -0.15) is 13.2 Å². The number of aryl methyl sites for hydroxylation is 1. The molecule has 4 aromatic rings. The van der Waals surface area contributed by atoms with E-state index in [1.807, 2.05) is 35.9 Å². The van der Waals surface area contributed by atoms with Crippen molar-refractivity contribution in [2.75, 3.05) is 17.2 Å². The lowest BCUT2D eigenvalue weighted by Gasteiger charge is -2.18. The summed E-state index contributed by atoms with van der Waals surface area (Å²) in [6, 6.07) is 7.87. The Bertz CT molecular complexity index is 1460. The molecule has 6 nitrogen and oxygen atoms in total. The number of carbonyl (C=O) groups excluding carboxylic acids is 1. The molecule has 0 atom stereocenters. The third kappa shape index (κ3) is 4.09. The number of aromatic nitrogens is 3. The Balaban J connectivity index is 1.44. The summed E-state index contributed by atoms with van der Waals surface area (Å²) in [5.41, 5.74) is 9.15. The van der Waals surface area contributed by atoms with Gasteiger partial charge < -0.3 is 15.2 Å². The van der Waals surface area contributed by atoms with Gasteiger partial charge in [-0.3, -0.25) is 4.79 Å². The maximum absolute atomic E-state index is 13.8. The zero-order chi connectivity index (χ0) is 24.9. The second kappa shape index (κ2) is 8.37. The Labute approximate surface area is 198 Å². The van der Waals surface area contributed by atoms with Crippen molar-refractivity contribution in [3.05, 3.63) is 71.4 Å². The van der Waals surface area contributed by atoms with Crippen molar-refractivity contribution in [3.63, 3.8) is 0 Å². The highest BCUT2D eigenvalue weighted by Gasteiger charge is 2.32. The van der Waals surface area contributed by atoms with Crippen molar-refractivity contribution in [2.45, 2.75) is 32.5 Å². The molecule has 2 aromatic heterocycles. The number of nitrogens with two attached hydrogens (primary N) is 1. The number of halogens is 4. The summed E-state index contributed by atoms with van der Waals surface area (Å²) in [6.45, 7) is 3.10. The maximum atomic E-state index is 13.8. The van der Waals surface area contributed by atoms with Crippen molar-refractivity contribution < 1.29 is 22.4 Å². The highest BCUT2D eigenvalue weighted by atomic mass is 19.4. The highest BCUT2D eigenvalue weighted by molar-refractivity contribution is 6.02. The maximum Gasteiger partial charge on any atom is 0.416 e. The fraction of sp³-hybridized carbons (Fsp3) is 0.240. The number of carbonyl (C=O) groups is 1. The molecule has 1 aliphatic rings.